The van der Waals surface area contributed by atoms with Crippen LogP contribution in [-0.4, -0.2) is 19.4 Å². The zero-order valence-electron chi connectivity index (χ0n) is 12.7. The molecule has 0 N–H and O–H groups in total. The van der Waals surface area contributed by atoms with Gasteiger partial charge >= 0.3 is 0 Å². The van der Waals surface area contributed by atoms with Crippen molar-refractivity contribution in [3.05, 3.63) is 59.9 Å². The first kappa shape index (κ1) is 15.8. The highest BCUT2D eigenvalue weighted by Gasteiger charge is 2.01. The molecule has 0 amide bonds. The van der Waals surface area contributed by atoms with Crippen LogP contribution in [0.25, 0.3) is 12.2 Å². The summed E-state index contributed by atoms with van der Waals surface area (Å²) in [5.74, 6) is 0. The molecule has 0 saturated heterocycles. The number of halogens is 1. The summed E-state index contributed by atoms with van der Waals surface area (Å²) in [5, 5.41) is 1.04. The first-order valence-electron chi connectivity index (χ1n) is 7.20. The Labute approximate surface area is 135 Å². The highest BCUT2D eigenvalue weighted by molar-refractivity contribution is 9.09. The molecular weight excluding hydrogens is 324 g/mol. The van der Waals surface area contributed by atoms with Gasteiger partial charge in [0.05, 0.1) is 0 Å². The minimum atomic E-state index is 1.04. The maximum Gasteiger partial charge on any atom is 0.169 e. The molecule has 0 bridgehead atoms. The summed E-state index contributed by atoms with van der Waals surface area (Å²) in [4.78, 5) is 2.14. The number of benzene rings is 1. The molecule has 3 heteroatoms. The maximum absolute atomic E-state index is 3.46. The average Bonchev–Trinajstić information content (AvgIpc) is 2.52. The van der Waals surface area contributed by atoms with E-state index in [2.05, 4.69) is 100 Å². The van der Waals surface area contributed by atoms with Gasteiger partial charge in [-0.1, -0.05) is 46.3 Å². The van der Waals surface area contributed by atoms with Crippen LogP contribution >= 0.6 is 15.9 Å². The molecule has 0 aliphatic rings. The average molecular weight is 346 g/mol. The normalized spacial score (nSPS) is 11.0. The molecule has 0 radical (unpaired) electrons. The van der Waals surface area contributed by atoms with Crippen LogP contribution in [0.1, 0.15) is 17.5 Å². The maximum atomic E-state index is 3.46. The Bertz CT molecular complexity index is 588. The molecule has 0 atom stereocenters. The summed E-state index contributed by atoms with van der Waals surface area (Å²) < 4.78 is 2.21. The zero-order chi connectivity index (χ0) is 15.1. The molecule has 110 valence electrons. The Hall–Kier alpha value is -1.61. The molecule has 0 saturated carbocycles. The van der Waals surface area contributed by atoms with Crippen molar-refractivity contribution in [1.82, 2.24) is 0 Å². The van der Waals surface area contributed by atoms with Crippen molar-refractivity contribution < 1.29 is 4.57 Å². The zero-order valence-corrected chi connectivity index (χ0v) is 14.3. The third-order valence-corrected chi connectivity index (χ3v) is 3.90. The second kappa shape index (κ2) is 7.99. The van der Waals surface area contributed by atoms with Crippen LogP contribution in [0.4, 0.5) is 5.69 Å². The summed E-state index contributed by atoms with van der Waals surface area (Å²) >= 11 is 3.46. The summed E-state index contributed by atoms with van der Waals surface area (Å²) in [7, 11) is 4.14. The van der Waals surface area contributed by atoms with E-state index in [4.69, 9.17) is 0 Å². The number of hydrogen-bond donors (Lipinski definition) is 0. The minimum Gasteiger partial charge on any atom is -0.377 e. The van der Waals surface area contributed by atoms with E-state index in [-0.39, 0.29) is 0 Å². The van der Waals surface area contributed by atoms with Gasteiger partial charge in [-0.25, -0.2) is 4.57 Å². The fourth-order valence-electron chi connectivity index (χ4n) is 2.19. The van der Waals surface area contributed by atoms with Crippen LogP contribution in [0.2, 0.25) is 0 Å². The number of aryl methyl sites for hydroxylation is 1. The highest BCUT2D eigenvalue weighted by Crippen LogP contribution is 2.20. The highest BCUT2D eigenvalue weighted by atomic mass is 79.9. The van der Waals surface area contributed by atoms with Gasteiger partial charge in [0.15, 0.2) is 12.4 Å². The smallest absolute Gasteiger partial charge is 0.169 e. The Morgan fingerprint density at radius 2 is 1.76 bits per heavy atom. The first-order chi connectivity index (χ1) is 10.2. The van der Waals surface area contributed by atoms with Crippen molar-refractivity contribution in [3.63, 3.8) is 0 Å². The lowest BCUT2D eigenvalue weighted by atomic mass is 10.1. The van der Waals surface area contributed by atoms with Gasteiger partial charge in [-0.05, 0) is 17.2 Å². The Balaban J connectivity index is 2.11. The van der Waals surface area contributed by atoms with Crippen LogP contribution in [-0.2, 0) is 6.54 Å². The molecule has 2 aromatic rings. The van der Waals surface area contributed by atoms with Gasteiger partial charge < -0.3 is 4.90 Å². The molecule has 2 rings (SSSR count). The third kappa shape index (κ3) is 4.71. The van der Waals surface area contributed by atoms with Gasteiger partial charge in [-0.15, -0.1) is 0 Å². The van der Waals surface area contributed by atoms with E-state index in [9.17, 15) is 0 Å². The summed E-state index contributed by atoms with van der Waals surface area (Å²) in [5.41, 5.74) is 3.69. The second-order valence-corrected chi connectivity index (χ2v) is 5.99. The second-order valence-electron chi connectivity index (χ2n) is 5.20. The summed E-state index contributed by atoms with van der Waals surface area (Å²) in [6.45, 7) is 1.05. The number of hydrogen-bond acceptors (Lipinski definition) is 1. The van der Waals surface area contributed by atoms with Gasteiger partial charge in [0.25, 0.3) is 0 Å². The molecule has 0 fully saturated rings. The molecule has 1 aromatic carbocycles. The largest absolute Gasteiger partial charge is 0.377 e. The van der Waals surface area contributed by atoms with Gasteiger partial charge in [-0.2, -0.15) is 0 Å². The molecule has 1 heterocycles. The van der Waals surface area contributed by atoms with E-state index in [1.54, 1.807) is 0 Å². The number of aromatic nitrogens is 1. The van der Waals surface area contributed by atoms with E-state index in [0.717, 1.165) is 18.3 Å². The van der Waals surface area contributed by atoms with Gasteiger partial charge in [0.2, 0.25) is 0 Å². The topological polar surface area (TPSA) is 7.12 Å². The number of para-hydroxylation sites is 1. The Morgan fingerprint density at radius 3 is 2.43 bits per heavy atom. The number of nitrogens with zero attached hydrogens (tertiary/aromatic N) is 2. The fraction of sp³-hybridized carbons (Fsp3) is 0.278. The van der Waals surface area contributed by atoms with Crippen LogP contribution < -0.4 is 9.47 Å². The molecule has 0 spiro atoms. The molecule has 0 aliphatic carbocycles. The lowest BCUT2D eigenvalue weighted by molar-refractivity contribution is -0.696. The minimum absolute atomic E-state index is 1.04. The van der Waals surface area contributed by atoms with Crippen molar-refractivity contribution >= 4 is 33.8 Å². The SMILES string of the molecule is CN(C)c1ccccc1/C=C/c1cc[n+](CCCBr)cc1. The standard InChI is InChI=1S/C18H22BrN2/c1-20(2)18-7-4-3-6-17(18)9-8-16-10-14-21(15-11-16)13-5-12-19/h3-4,6-11,14-15H,5,12-13H2,1-2H3/q+1. The van der Waals surface area contributed by atoms with Crippen LogP contribution in [0.15, 0.2) is 48.8 Å². The van der Waals surface area contributed by atoms with E-state index in [0.29, 0.717) is 0 Å². The Kier molecular flexibility index (Phi) is 6.00. The summed E-state index contributed by atoms with van der Waals surface area (Å²) in [6.07, 6.45) is 9.76. The number of anilines is 1. The number of alkyl halides is 1. The fourth-order valence-corrected chi connectivity index (χ4v) is 2.44. The van der Waals surface area contributed by atoms with E-state index in [1.165, 1.54) is 16.8 Å². The lowest BCUT2D eigenvalue weighted by Gasteiger charge is -2.15. The predicted molar refractivity (Wildman–Crippen MR) is 94.7 cm³/mol. The van der Waals surface area contributed by atoms with Crippen molar-refractivity contribution in [2.24, 2.45) is 0 Å². The quantitative estimate of drug-likeness (QED) is 0.567. The summed E-state index contributed by atoms with van der Waals surface area (Å²) in [6, 6.07) is 12.7. The van der Waals surface area contributed by atoms with Gasteiger partial charge in [0.1, 0.15) is 6.54 Å². The van der Waals surface area contributed by atoms with Crippen LogP contribution in [0.5, 0.6) is 0 Å². The van der Waals surface area contributed by atoms with Crippen molar-refractivity contribution in [2.75, 3.05) is 24.3 Å². The van der Waals surface area contributed by atoms with E-state index < -0.39 is 0 Å². The molecule has 21 heavy (non-hydrogen) atoms. The third-order valence-electron chi connectivity index (χ3n) is 3.34. The number of rotatable bonds is 6. The molecule has 2 nitrogen and oxygen atoms in total. The molecular formula is C18H22BrN2+. The van der Waals surface area contributed by atoms with E-state index in [1.807, 2.05) is 0 Å². The lowest BCUT2D eigenvalue weighted by Crippen LogP contribution is -2.32. The first-order valence-corrected chi connectivity index (χ1v) is 8.32. The van der Waals surface area contributed by atoms with Gasteiger partial charge in [0, 0.05) is 43.7 Å². The molecule has 0 unspecified atom stereocenters. The van der Waals surface area contributed by atoms with Gasteiger partial charge in [-0.3, -0.25) is 0 Å². The van der Waals surface area contributed by atoms with Crippen molar-refractivity contribution in [1.29, 1.82) is 0 Å². The van der Waals surface area contributed by atoms with Crippen molar-refractivity contribution in [2.45, 2.75) is 13.0 Å². The van der Waals surface area contributed by atoms with Crippen LogP contribution in [0.3, 0.4) is 0 Å². The monoisotopic (exact) mass is 345 g/mol. The van der Waals surface area contributed by atoms with Crippen molar-refractivity contribution in [3.8, 4) is 0 Å². The number of pyridine rings is 1. The predicted octanol–water partition coefficient (Wildman–Crippen LogP) is 4.00. The molecule has 0 aliphatic heterocycles. The Morgan fingerprint density at radius 1 is 1.05 bits per heavy atom. The van der Waals surface area contributed by atoms with E-state index >= 15 is 0 Å². The van der Waals surface area contributed by atoms with Crippen LogP contribution in [0, 0.1) is 0 Å². The molecule has 1 aromatic heterocycles.